The quantitative estimate of drug-likeness (QED) is 0.184. The van der Waals surface area contributed by atoms with E-state index in [-0.39, 0.29) is 0 Å². The summed E-state index contributed by atoms with van der Waals surface area (Å²) in [5.74, 6) is 1.69. The Balaban J connectivity index is 1.56. The third-order valence-corrected chi connectivity index (χ3v) is 6.55. The minimum absolute atomic E-state index is 0.327. The molecule has 36 heavy (non-hydrogen) atoms. The molecule has 0 atom stereocenters. The fourth-order valence-corrected chi connectivity index (χ4v) is 4.15. The van der Waals surface area contributed by atoms with Crippen LogP contribution < -0.4 is 14.8 Å². The lowest BCUT2D eigenvalue weighted by Gasteiger charge is -2.05. The van der Waals surface area contributed by atoms with Crippen molar-refractivity contribution in [1.82, 2.24) is 5.32 Å². The van der Waals surface area contributed by atoms with E-state index in [1.54, 1.807) is 0 Å². The van der Waals surface area contributed by atoms with Gasteiger partial charge in [-0.25, -0.2) is 0 Å². The summed E-state index contributed by atoms with van der Waals surface area (Å²) in [6, 6.07) is 6.13. The van der Waals surface area contributed by atoms with Gasteiger partial charge in [-0.1, -0.05) is 64.3 Å². The average molecular weight is 492 g/mol. The molecule has 0 unspecified atom stereocenters. The Morgan fingerprint density at radius 3 is 1.72 bits per heavy atom. The molecule has 3 heteroatoms. The van der Waals surface area contributed by atoms with Gasteiger partial charge in [-0.05, 0) is 111 Å². The summed E-state index contributed by atoms with van der Waals surface area (Å²) in [4.78, 5) is 0. The fourth-order valence-electron chi connectivity index (χ4n) is 4.15. The largest absolute Gasteiger partial charge is 0.454 e. The Kier molecular flexibility index (Phi) is 14.1. The van der Waals surface area contributed by atoms with Crippen molar-refractivity contribution >= 4 is 0 Å². The van der Waals surface area contributed by atoms with Crippen LogP contribution in [0.25, 0.3) is 0 Å². The van der Waals surface area contributed by atoms with Crippen LogP contribution in [-0.2, 0) is 6.54 Å². The molecule has 0 saturated heterocycles. The van der Waals surface area contributed by atoms with Crippen LogP contribution in [-0.4, -0.2) is 13.3 Å². The smallest absolute Gasteiger partial charge is 0.231 e. The maximum absolute atomic E-state index is 5.45. The van der Waals surface area contributed by atoms with Gasteiger partial charge in [0.05, 0.1) is 0 Å². The molecule has 2 rings (SSSR count). The Hall–Kier alpha value is -2.52. The number of hydrogen-bond acceptors (Lipinski definition) is 3. The highest BCUT2D eigenvalue weighted by atomic mass is 16.7. The Bertz CT molecular complexity index is 958. The van der Waals surface area contributed by atoms with Crippen LogP contribution in [0.4, 0.5) is 0 Å². The van der Waals surface area contributed by atoms with Crippen LogP contribution >= 0.6 is 0 Å². The Morgan fingerprint density at radius 1 is 0.667 bits per heavy atom. The minimum atomic E-state index is 0.327. The molecule has 0 aromatic heterocycles. The van der Waals surface area contributed by atoms with Crippen molar-refractivity contribution in [3.05, 3.63) is 82.0 Å². The summed E-state index contributed by atoms with van der Waals surface area (Å²) >= 11 is 0. The number of benzene rings is 1. The molecule has 0 bridgehead atoms. The first kappa shape index (κ1) is 29.7. The monoisotopic (exact) mass is 491 g/mol. The van der Waals surface area contributed by atoms with Crippen LogP contribution in [0, 0.1) is 0 Å². The lowest BCUT2D eigenvalue weighted by Crippen LogP contribution is -2.13. The first-order chi connectivity index (χ1) is 17.3. The van der Waals surface area contributed by atoms with Gasteiger partial charge in [0.25, 0.3) is 0 Å². The van der Waals surface area contributed by atoms with Crippen LogP contribution in [0.5, 0.6) is 11.5 Å². The summed E-state index contributed by atoms with van der Waals surface area (Å²) in [6.07, 6.45) is 21.1. The molecule has 1 heterocycles. The molecular weight excluding hydrogens is 442 g/mol. The topological polar surface area (TPSA) is 30.5 Å². The van der Waals surface area contributed by atoms with Crippen LogP contribution in [0.3, 0.4) is 0 Å². The van der Waals surface area contributed by atoms with Gasteiger partial charge >= 0.3 is 0 Å². The molecule has 198 valence electrons. The average Bonchev–Trinajstić information content (AvgIpc) is 3.29. The van der Waals surface area contributed by atoms with Crippen LogP contribution in [0.15, 0.2) is 76.4 Å². The highest BCUT2D eigenvalue weighted by molar-refractivity contribution is 5.44. The second-order valence-corrected chi connectivity index (χ2v) is 10.5. The van der Waals surface area contributed by atoms with Gasteiger partial charge in [0.2, 0.25) is 6.79 Å². The van der Waals surface area contributed by atoms with Crippen molar-refractivity contribution in [1.29, 1.82) is 0 Å². The second-order valence-electron chi connectivity index (χ2n) is 10.5. The molecular formula is C33H49NO2. The number of allylic oxidation sites excluding steroid dienone is 9. The number of rotatable bonds is 16. The highest BCUT2D eigenvalue weighted by Crippen LogP contribution is 2.32. The molecule has 0 amide bonds. The summed E-state index contributed by atoms with van der Waals surface area (Å²) in [5, 5.41) is 3.49. The van der Waals surface area contributed by atoms with E-state index in [1.165, 1.54) is 52.7 Å². The van der Waals surface area contributed by atoms with Crippen molar-refractivity contribution < 1.29 is 9.47 Å². The van der Waals surface area contributed by atoms with Crippen LogP contribution in [0.1, 0.15) is 98.5 Å². The van der Waals surface area contributed by atoms with E-state index in [9.17, 15) is 0 Å². The predicted octanol–water partition coefficient (Wildman–Crippen LogP) is 9.38. The zero-order chi connectivity index (χ0) is 26.2. The molecule has 1 aromatic carbocycles. The first-order valence-corrected chi connectivity index (χ1v) is 13.7. The summed E-state index contributed by atoms with van der Waals surface area (Å²) in [5.41, 5.74) is 8.61. The second kappa shape index (κ2) is 17.0. The SMILES string of the molecule is CC(C)=CCCC(C)=CCCC(C)=CCCC(C)=CCC/C(C)=C/CNCc1ccc2c(c1)OCO2. The normalized spacial score (nSPS) is 14.4. The fraction of sp³-hybridized carbons (Fsp3) is 0.515. The van der Waals surface area contributed by atoms with E-state index in [2.05, 4.69) is 89.4 Å². The zero-order valence-electron chi connectivity index (χ0n) is 23.7. The molecule has 0 spiro atoms. The van der Waals surface area contributed by atoms with Crippen molar-refractivity contribution in [2.45, 2.75) is 99.5 Å². The lowest BCUT2D eigenvalue weighted by molar-refractivity contribution is 0.174. The third-order valence-electron chi connectivity index (χ3n) is 6.55. The van der Waals surface area contributed by atoms with E-state index in [1.807, 2.05) is 6.07 Å². The molecule has 0 fully saturated rings. The molecule has 0 radical (unpaired) electrons. The molecule has 0 aliphatic carbocycles. The van der Waals surface area contributed by atoms with Gasteiger partial charge in [0.15, 0.2) is 11.5 Å². The lowest BCUT2D eigenvalue weighted by atomic mass is 10.0. The van der Waals surface area contributed by atoms with Crippen molar-refractivity contribution in [2.75, 3.05) is 13.3 Å². The highest BCUT2D eigenvalue weighted by Gasteiger charge is 2.12. The number of ether oxygens (including phenoxy) is 2. The summed E-state index contributed by atoms with van der Waals surface area (Å²) < 4.78 is 10.8. The molecule has 1 aliphatic heterocycles. The zero-order valence-corrected chi connectivity index (χ0v) is 23.7. The maximum atomic E-state index is 5.45. The molecule has 1 aliphatic rings. The van der Waals surface area contributed by atoms with Gasteiger partial charge in [0.1, 0.15) is 0 Å². The van der Waals surface area contributed by atoms with Gasteiger partial charge in [0, 0.05) is 13.1 Å². The minimum Gasteiger partial charge on any atom is -0.454 e. The van der Waals surface area contributed by atoms with E-state index in [0.717, 1.165) is 56.7 Å². The van der Waals surface area contributed by atoms with Gasteiger partial charge < -0.3 is 14.8 Å². The first-order valence-electron chi connectivity index (χ1n) is 13.7. The van der Waals surface area contributed by atoms with Crippen molar-refractivity contribution in [3.8, 4) is 11.5 Å². The molecule has 1 aromatic rings. The van der Waals surface area contributed by atoms with E-state index < -0.39 is 0 Å². The van der Waals surface area contributed by atoms with Gasteiger partial charge in [-0.15, -0.1) is 0 Å². The summed E-state index contributed by atoms with van der Waals surface area (Å²) in [6.45, 7) is 15.4. The molecule has 3 nitrogen and oxygen atoms in total. The maximum Gasteiger partial charge on any atom is 0.231 e. The third kappa shape index (κ3) is 13.0. The predicted molar refractivity (Wildman–Crippen MR) is 156 cm³/mol. The van der Waals surface area contributed by atoms with E-state index >= 15 is 0 Å². The number of nitrogens with one attached hydrogen (secondary N) is 1. The van der Waals surface area contributed by atoms with Crippen molar-refractivity contribution in [3.63, 3.8) is 0 Å². The Labute approximate surface area is 221 Å². The Morgan fingerprint density at radius 2 is 1.17 bits per heavy atom. The van der Waals surface area contributed by atoms with E-state index in [0.29, 0.717) is 6.79 Å². The number of fused-ring (bicyclic) bond motifs is 1. The summed E-state index contributed by atoms with van der Waals surface area (Å²) in [7, 11) is 0. The number of hydrogen-bond donors (Lipinski definition) is 1. The van der Waals surface area contributed by atoms with Gasteiger partial charge in [-0.3, -0.25) is 0 Å². The van der Waals surface area contributed by atoms with Gasteiger partial charge in [-0.2, -0.15) is 0 Å². The van der Waals surface area contributed by atoms with Crippen molar-refractivity contribution in [2.24, 2.45) is 0 Å². The van der Waals surface area contributed by atoms with Crippen LogP contribution in [0.2, 0.25) is 0 Å². The molecule has 0 saturated carbocycles. The molecule has 1 N–H and O–H groups in total. The van der Waals surface area contributed by atoms with E-state index in [4.69, 9.17) is 9.47 Å². The standard InChI is InChI=1S/C33H49NO2/c1-26(2)11-7-12-27(3)13-8-14-28(4)15-9-16-29(5)17-10-18-30(6)21-22-34-24-31-19-20-32-33(23-31)36-25-35-32/h11,13,15,17,19-21,23,34H,7-10,12,14,16,18,22,24-25H2,1-6H3/b27-13?,28-15?,29-17?,30-21+.